The highest BCUT2D eigenvalue weighted by Gasteiger charge is 2.25. The molecule has 0 radical (unpaired) electrons. The van der Waals surface area contributed by atoms with Crippen molar-refractivity contribution in [2.75, 3.05) is 24.7 Å². The molecule has 1 aliphatic rings. The highest BCUT2D eigenvalue weighted by Crippen LogP contribution is 2.25. The molecule has 100 valence electrons. The maximum atomic E-state index is 5.91. The topological polar surface area (TPSA) is 34.2 Å². The molecule has 18 heavy (non-hydrogen) atoms. The molecule has 0 spiro atoms. The van der Waals surface area contributed by atoms with Crippen LogP contribution in [-0.4, -0.2) is 35.7 Å². The number of aryl methyl sites for hydroxylation is 1. The van der Waals surface area contributed by atoms with Crippen LogP contribution in [0.4, 0.5) is 0 Å². The number of pyridine rings is 1. The number of hydrogen-bond acceptors (Lipinski definition) is 4. The average Bonchev–Trinajstić information content (AvgIpc) is 2.42. The molecule has 2 rings (SSSR count). The molecule has 0 aliphatic carbocycles. The van der Waals surface area contributed by atoms with E-state index >= 15 is 0 Å². The lowest BCUT2D eigenvalue weighted by Crippen LogP contribution is -2.38. The zero-order valence-electron chi connectivity index (χ0n) is 11.2. The number of ether oxygens (including phenoxy) is 1. The van der Waals surface area contributed by atoms with Crippen LogP contribution in [0.3, 0.4) is 0 Å². The van der Waals surface area contributed by atoms with Gasteiger partial charge in [0.1, 0.15) is 0 Å². The summed E-state index contributed by atoms with van der Waals surface area (Å²) in [5, 5.41) is 3.60. The van der Waals surface area contributed by atoms with Gasteiger partial charge in [-0.15, -0.1) is 0 Å². The van der Waals surface area contributed by atoms with Gasteiger partial charge in [0.2, 0.25) is 0 Å². The fraction of sp³-hybridized carbons (Fsp3) is 0.643. The van der Waals surface area contributed by atoms with E-state index in [1.807, 2.05) is 24.9 Å². The highest BCUT2D eigenvalue weighted by molar-refractivity contribution is 7.99. The van der Waals surface area contributed by atoms with E-state index in [1.165, 1.54) is 5.56 Å². The first kappa shape index (κ1) is 13.8. The Labute approximate surface area is 114 Å². The van der Waals surface area contributed by atoms with Gasteiger partial charge in [-0.1, -0.05) is 13.0 Å². The second-order valence-electron chi connectivity index (χ2n) is 4.65. The van der Waals surface area contributed by atoms with E-state index in [4.69, 9.17) is 4.74 Å². The summed E-state index contributed by atoms with van der Waals surface area (Å²) in [4.78, 5) is 4.40. The summed E-state index contributed by atoms with van der Waals surface area (Å²) in [7, 11) is 0. The molecule has 4 heteroatoms. The quantitative estimate of drug-likeness (QED) is 0.888. The van der Waals surface area contributed by atoms with Crippen LogP contribution in [0.2, 0.25) is 0 Å². The molecule has 1 N–H and O–H groups in total. The first-order valence-electron chi connectivity index (χ1n) is 6.66. The number of aromatic nitrogens is 1. The number of nitrogens with zero attached hydrogens (tertiary/aromatic N) is 1. The summed E-state index contributed by atoms with van der Waals surface area (Å²) in [5.74, 6) is 2.18. The Morgan fingerprint density at radius 2 is 2.44 bits per heavy atom. The molecule has 1 aromatic heterocycles. The van der Waals surface area contributed by atoms with E-state index in [1.54, 1.807) is 0 Å². The van der Waals surface area contributed by atoms with Crippen LogP contribution in [0, 0.1) is 6.92 Å². The van der Waals surface area contributed by atoms with Crippen molar-refractivity contribution in [1.29, 1.82) is 0 Å². The van der Waals surface area contributed by atoms with Gasteiger partial charge >= 0.3 is 0 Å². The summed E-state index contributed by atoms with van der Waals surface area (Å²) < 4.78 is 5.91. The van der Waals surface area contributed by atoms with Crippen LogP contribution >= 0.6 is 11.8 Å². The van der Waals surface area contributed by atoms with Crippen molar-refractivity contribution in [3.63, 3.8) is 0 Å². The molecule has 2 atom stereocenters. The Hall–Kier alpha value is -0.580. The molecular formula is C14H22N2OS. The predicted molar refractivity (Wildman–Crippen MR) is 77.1 cm³/mol. The Morgan fingerprint density at radius 3 is 3.06 bits per heavy atom. The molecule has 1 saturated heterocycles. The van der Waals surface area contributed by atoms with Gasteiger partial charge in [0, 0.05) is 23.4 Å². The average molecular weight is 266 g/mol. The van der Waals surface area contributed by atoms with Gasteiger partial charge in [0.15, 0.2) is 0 Å². The molecule has 0 aromatic carbocycles. The number of thioether (sulfide) groups is 1. The van der Waals surface area contributed by atoms with Crippen molar-refractivity contribution in [3.05, 3.63) is 29.6 Å². The van der Waals surface area contributed by atoms with Crippen LogP contribution in [0.1, 0.15) is 30.6 Å². The lowest BCUT2D eigenvalue weighted by molar-refractivity contribution is 0.0467. The van der Waals surface area contributed by atoms with Crippen molar-refractivity contribution in [2.45, 2.75) is 32.4 Å². The second-order valence-corrected chi connectivity index (χ2v) is 5.80. The molecule has 2 heterocycles. The number of hydrogen-bond donors (Lipinski definition) is 1. The van der Waals surface area contributed by atoms with Gasteiger partial charge in [-0.05, 0) is 31.5 Å². The van der Waals surface area contributed by atoms with Crippen LogP contribution in [0.5, 0.6) is 0 Å². The highest BCUT2D eigenvalue weighted by atomic mass is 32.2. The second kappa shape index (κ2) is 7.12. The third-order valence-corrected chi connectivity index (χ3v) is 4.14. The molecule has 0 bridgehead atoms. The number of rotatable bonds is 5. The standard InChI is InChI=1S/C14H22N2OS/c1-3-6-15-14(13-10-18-8-7-17-13)12-5-4-11(2)16-9-12/h4-5,9,13-15H,3,6-8,10H2,1-2H3. The zero-order chi connectivity index (χ0) is 12.8. The summed E-state index contributed by atoms with van der Waals surface area (Å²) in [5.41, 5.74) is 2.30. The van der Waals surface area contributed by atoms with Crippen molar-refractivity contribution < 1.29 is 4.74 Å². The van der Waals surface area contributed by atoms with E-state index in [2.05, 4.69) is 29.4 Å². The number of nitrogens with one attached hydrogen (secondary N) is 1. The van der Waals surface area contributed by atoms with Crippen LogP contribution in [0.15, 0.2) is 18.3 Å². The summed E-state index contributed by atoms with van der Waals surface area (Å²) >= 11 is 1.98. The SMILES string of the molecule is CCCNC(c1ccc(C)nc1)C1CSCCO1. The zero-order valence-corrected chi connectivity index (χ0v) is 12.0. The van der Waals surface area contributed by atoms with Gasteiger partial charge in [-0.25, -0.2) is 0 Å². The third kappa shape index (κ3) is 3.70. The Morgan fingerprint density at radius 1 is 1.56 bits per heavy atom. The summed E-state index contributed by atoms with van der Waals surface area (Å²) in [6, 6.07) is 4.51. The molecule has 0 amide bonds. The van der Waals surface area contributed by atoms with Crippen molar-refractivity contribution in [3.8, 4) is 0 Å². The minimum atomic E-state index is 0.264. The van der Waals surface area contributed by atoms with Gasteiger partial charge in [-0.2, -0.15) is 11.8 Å². The molecular weight excluding hydrogens is 244 g/mol. The van der Waals surface area contributed by atoms with E-state index < -0.39 is 0 Å². The van der Waals surface area contributed by atoms with Gasteiger partial charge in [0.05, 0.1) is 18.8 Å². The summed E-state index contributed by atoms with van der Waals surface area (Å²) in [6.07, 6.45) is 3.38. The van der Waals surface area contributed by atoms with Crippen LogP contribution in [0.25, 0.3) is 0 Å². The Bertz CT molecular complexity index is 349. The normalized spacial score (nSPS) is 21.8. The molecule has 1 aliphatic heterocycles. The maximum absolute atomic E-state index is 5.91. The smallest absolute Gasteiger partial charge is 0.0860 e. The molecule has 1 fully saturated rings. The Kier molecular flexibility index (Phi) is 5.47. The van der Waals surface area contributed by atoms with Crippen molar-refractivity contribution >= 4 is 11.8 Å². The minimum absolute atomic E-state index is 0.264. The van der Waals surface area contributed by atoms with Crippen molar-refractivity contribution in [2.24, 2.45) is 0 Å². The maximum Gasteiger partial charge on any atom is 0.0860 e. The van der Waals surface area contributed by atoms with E-state index in [-0.39, 0.29) is 12.1 Å². The fourth-order valence-corrected chi connectivity index (χ4v) is 3.03. The molecule has 3 nitrogen and oxygen atoms in total. The molecule has 2 unspecified atom stereocenters. The largest absolute Gasteiger partial charge is 0.375 e. The first-order valence-corrected chi connectivity index (χ1v) is 7.82. The lowest BCUT2D eigenvalue weighted by atomic mass is 10.0. The predicted octanol–water partition coefficient (Wildman–Crippen LogP) is 2.56. The van der Waals surface area contributed by atoms with E-state index in [9.17, 15) is 0 Å². The van der Waals surface area contributed by atoms with Gasteiger partial charge in [-0.3, -0.25) is 4.98 Å². The monoisotopic (exact) mass is 266 g/mol. The minimum Gasteiger partial charge on any atom is -0.375 e. The van der Waals surface area contributed by atoms with Crippen molar-refractivity contribution in [1.82, 2.24) is 10.3 Å². The van der Waals surface area contributed by atoms with Gasteiger partial charge < -0.3 is 10.1 Å². The van der Waals surface area contributed by atoms with Crippen LogP contribution in [-0.2, 0) is 4.74 Å². The fourth-order valence-electron chi connectivity index (χ4n) is 2.13. The van der Waals surface area contributed by atoms with Crippen LogP contribution < -0.4 is 5.32 Å². The molecule has 0 saturated carbocycles. The first-order chi connectivity index (χ1) is 8.81. The molecule has 1 aromatic rings. The van der Waals surface area contributed by atoms with E-state index in [0.29, 0.717) is 0 Å². The third-order valence-electron chi connectivity index (χ3n) is 3.12. The van der Waals surface area contributed by atoms with E-state index in [0.717, 1.165) is 36.8 Å². The lowest BCUT2D eigenvalue weighted by Gasteiger charge is -2.31. The van der Waals surface area contributed by atoms with Gasteiger partial charge in [0.25, 0.3) is 0 Å². The summed E-state index contributed by atoms with van der Waals surface area (Å²) in [6.45, 7) is 6.08. The Balaban J connectivity index is 2.10.